The van der Waals surface area contributed by atoms with Crippen LogP contribution in [0.5, 0.6) is 0 Å². The molecule has 4 heteroatoms. The van der Waals surface area contributed by atoms with Crippen LogP contribution in [-0.4, -0.2) is 61.5 Å². The van der Waals surface area contributed by atoms with Gasteiger partial charge in [-0.05, 0) is 49.8 Å². The molecule has 0 N–H and O–H groups in total. The number of piperazine rings is 1. The number of anilines is 1. The summed E-state index contributed by atoms with van der Waals surface area (Å²) in [5.74, 6) is 1.09. The largest absolute Gasteiger partial charge is 0.369 e. The molecule has 2 aliphatic heterocycles. The van der Waals surface area contributed by atoms with Crippen LogP contribution in [-0.2, 0) is 4.79 Å². The molecule has 2 fully saturated rings. The quantitative estimate of drug-likeness (QED) is 0.853. The molecule has 0 saturated carbocycles. The molecule has 0 bridgehead atoms. The first-order valence-corrected chi connectivity index (χ1v) is 9.36. The van der Waals surface area contributed by atoms with Crippen LogP contribution in [0.1, 0.15) is 30.9 Å². The number of hydrogen-bond donors (Lipinski definition) is 0. The Morgan fingerprint density at radius 3 is 2.38 bits per heavy atom. The molecule has 0 spiro atoms. The average molecular weight is 329 g/mol. The van der Waals surface area contributed by atoms with Gasteiger partial charge in [0.05, 0.1) is 6.54 Å². The molecule has 1 aromatic carbocycles. The zero-order valence-corrected chi connectivity index (χ0v) is 15.4. The summed E-state index contributed by atoms with van der Waals surface area (Å²) >= 11 is 0. The normalized spacial score (nSPS) is 20.5. The van der Waals surface area contributed by atoms with Gasteiger partial charge in [-0.2, -0.15) is 0 Å². The van der Waals surface area contributed by atoms with Crippen LogP contribution >= 0.6 is 0 Å². The molecule has 4 nitrogen and oxygen atoms in total. The number of benzene rings is 1. The van der Waals surface area contributed by atoms with Crippen LogP contribution in [0.2, 0.25) is 0 Å². The molecular weight excluding hydrogens is 298 g/mol. The van der Waals surface area contributed by atoms with Crippen LogP contribution < -0.4 is 4.90 Å². The lowest BCUT2D eigenvalue weighted by atomic mass is 9.99. The fourth-order valence-corrected chi connectivity index (χ4v) is 3.77. The number of nitrogens with zero attached hydrogens (tertiary/aromatic N) is 3. The van der Waals surface area contributed by atoms with Crippen LogP contribution in [0.15, 0.2) is 18.2 Å². The first-order chi connectivity index (χ1) is 11.5. The summed E-state index contributed by atoms with van der Waals surface area (Å²) in [7, 11) is 0. The minimum absolute atomic E-state index is 0.321. The molecule has 2 heterocycles. The van der Waals surface area contributed by atoms with E-state index in [4.69, 9.17) is 0 Å². The lowest BCUT2D eigenvalue weighted by molar-refractivity contribution is -0.133. The summed E-state index contributed by atoms with van der Waals surface area (Å²) in [5.41, 5.74) is 4.08. The maximum atomic E-state index is 12.5. The highest BCUT2D eigenvalue weighted by Crippen LogP contribution is 2.24. The maximum absolute atomic E-state index is 12.5. The predicted octanol–water partition coefficient (Wildman–Crippen LogP) is 2.68. The van der Waals surface area contributed by atoms with Gasteiger partial charge in [0.15, 0.2) is 0 Å². The summed E-state index contributed by atoms with van der Waals surface area (Å²) in [4.78, 5) is 19.3. The second-order valence-corrected chi connectivity index (χ2v) is 7.55. The summed E-state index contributed by atoms with van der Waals surface area (Å²) in [6.07, 6.45) is 2.32. The number of amides is 1. The van der Waals surface area contributed by atoms with E-state index in [2.05, 4.69) is 53.7 Å². The van der Waals surface area contributed by atoms with Crippen LogP contribution in [0.4, 0.5) is 5.69 Å². The van der Waals surface area contributed by atoms with Crippen molar-refractivity contribution in [2.75, 3.05) is 50.7 Å². The third kappa shape index (κ3) is 3.92. The number of likely N-dealkylation sites (tertiary alicyclic amines) is 1. The Balaban J connectivity index is 1.50. The standard InChI is InChI=1S/C20H31N3O/c1-16-7-9-23(10-8-16)20(24)15-21-11-13-22(14-12-21)19-6-4-5-17(2)18(19)3/h4-6,16H,7-15H2,1-3H3. The topological polar surface area (TPSA) is 26.8 Å². The van der Waals surface area contributed by atoms with Gasteiger partial charge in [-0.15, -0.1) is 0 Å². The third-order valence-electron chi connectivity index (χ3n) is 5.78. The van der Waals surface area contributed by atoms with Crippen molar-refractivity contribution in [3.05, 3.63) is 29.3 Å². The van der Waals surface area contributed by atoms with Gasteiger partial charge in [0.1, 0.15) is 0 Å². The monoisotopic (exact) mass is 329 g/mol. The van der Waals surface area contributed by atoms with Crippen molar-refractivity contribution in [1.29, 1.82) is 0 Å². The number of piperidine rings is 1. The van der Waals surface area contributed by atoms with Gasteiger partial charge in [0.25, 0.3) is 0 Å². The number of carbonyl (C=O) groups excluding carboxylic acids is 1. The Labute approximate surface area is 146 Å². The number of carbonyl (C=O) groups is 1. The minimum atomic E-state index is 0.321. The second kappa shape index (κ2) is 7.56. The molecule has 0 atom stereocenters. The molecular formula is C20H31N3O. The van der Waals surface area contributed by atoms with Crippen molar-refractivity contribution < 1.29 is 4.79 Å². The Kier molecular flexibility index (Phi) is 5.44. The van der Waals surface area contributed by atoms with E-state index in [-0.39, 0.29) is 0 Å². The van der Waals surface area contributed by atoms with E-state index in [1.807, 2.05) is 0 Å². The predicted molar refractivity (Wildman–Crippen MR) is 99.5 cm³/mol. The van der Waals surface area contributed by atoms with E-state index in [0.29, 0.717) is 12.5 Å². The first-order valence-electron chi connectivity index (χ1n) is 9.36. The Bertz CT molecular complexity index is 570. The van der Waals surface area contributed by atoms with Gasteiger partial charge in [-0.25, -0.2) is 0 Å². The second-order valence-electron chi connectivity index (χ2n) is 7.55. The van der Waals surface area contributed by atoms with E-state index in [0.717, 1.165) is 58.0 Å². The van der Waals surface area contributed by atoms with E-state index in [1.165, 1.54) is 16.8 Å². The van der Waals surface area contributed by atoms with Gasteiger partial charge in [-0.1, -0.05) is 19.1 Å². The number of aryl methyl sites for hydroxylation is 1. The molecule has 1 aromatic rings. The van der Waals surface area contributed by atoms with E-state index in [1.54, 1.807) is 0 Å². The van der Waals surface area contributed by atoms with Crippen LogP contribution in [0, 0.1) is 19.8 Å². The SMILES string of the molecule is Cc1cccc(N2CCN(CC(=O)N3CCC(C)CC3)CC2)c1C. The Morgan fingerprint density at radius 1 is 1.04 bits per heavy atom. The molecule has 2 saturated heterocycles. The zero-order chi connectivity index (χ0) is 17.1. The van der Waals surface area contributed by atoms with Gasteiger partial charge in [0, 0.05) is 45.0 Å². The van der Waals surface area contributed by atoms with E-state index in [9.17, 15) is 4.79 Å². The third-order valence-corrected chi connectivity index (χ3v) is 5.78. The molecule has 3 rings (SSSR count). The highest BCUT2D eigenvalue weighted by Gasteiger charge is 2.24. The molecule has 2 aliphatic rings. The van der Waals surface area contributed by atoms with Crippen LogP contribution in [0.25, 0.3) is 0 Å². The van der Waals surface area contributed by atoms with Crippen molar-refractivity contribution in [3.63, 3.8) is 0 Å². The number of rotatable bonds is 3. The first kappa shape index (κ1) is 17.3. The highest BCUT2D eigenvalue weighted by molar-refractivity contribution is 5.78. The number of hydrogen-bond acceptors (Lipinski definition) is 3. The molecule has 24 heavy (non-hydrogen) atoms. The van der Waals surface area contributed by atoms with Gasteiger partial charge < -0.3 is 9.80 Å². The molecule has 1 amide bonds. The van der Waals surface area contributed by atoms with Crippen molar-refractivity contribution in [3.8, 4) is 0 Å². The Hall–Kier alpha value is -1.55. The summed E-state index contributed by atoms with van der Waals surface area (Å²) in [6, 6.07) is 6.54. The molecule has 0 aliphatic carbocycles. The average Bonchev–Trinajstić information content (AvgIpc) is 2.59. The molecule has 132 valence electrons. The maximum Gasteiger partial charge on any atom is 0.236 e. The summed E-state index contributed by atoms with van der Waals surface area (Å²) in [6.45, 7) is 13.1. The Morgan fingerprint density at radius 2 is 1.71 bits per heavy atom. The van der Waals surface area contributed by atoms with Crippen molar-refractivity contribution in [1.82, 2.24) is 9.80 Å². The molecule has 0 aromatic heterocycles. The summed E-state index contributed by atoms with van der Waals surface area (Å²) < 4.78 is 0. The molecule has 0 radical (unpaired) electrons. The van der Waals surface area contributed by atoms with Crippen LogP contribution in [0.3, 0.4) is 0 Å². The molecule has 0 unspecified atom stereocenters. The highest BCUT2D eigenvalue weighted by atomic mass is 16.2. The fourth-order valence-electron chi connectivity index (χ4n) is 3.77. The van der Waals surface area contributed by atoms with Gasteiger partial charge in [-0.3, -0.25) is 9.69 Å². The minimum Gasteiger partial charge on any atom is -0.369 e. The van der Waals surface area contributed by atoms with E-state index < -0.39 is 0 Å². The van der Waals surface area contributed by atoms with Gasteiger partial charge >= 0.3 is 0 Å². The van der Waals surface area contributed by atoms with Crippen molar-refractivity contribution in [2.45, 2.75) is 33.6 Å². The van der Waals surface area contributed by atoms with Crippen molar-refractivity contribution in [2.24, 2.45) is 5.92 Å². The van der Waals surface area contributed by atoms with E-state index >= 15 is 0 Å². The van der Waals surface area contributed by atoms with Crippen molar-refractivity contribution >= 4 is 11.6 Å². The fraction of sp³-hybridized carbons (Fsp3) is 0.650. The lowest BCUT2D eigenvalue weighted by Gasteiger charge is -2.38. The zero-order valence-electron chi connectivity index (χ0n) is 15.4. The lowest BCUT2D eigenvalue weighted by Crippen LogP contribution is -2.51. The smallest absolute Gasteiger partial charge is 0.236 e. The summed E-state index contributed by atoms with van der Waals surface area (Å²) in [5, 5.41) is 0. The van der Waals surface area contributed by atoms with Gasteiger partial charge in [0.2, 0.25) is 5.91 Å².